The predicted octanol–water partition coefficient (Wildman–Crippen LogP) is 3.77. The molecule has 150 valence electrons. The maximum Gasteiger partial charge on any atom is 0.270 e. The molecule has 0 radical (unpaired) electrons. The highest BCUT2D eigenvalue weighted by Gasteiger charge is 2.27. The van der Waals surface area contributed by atoms with Gasteiger partial charge in [-0.1, -0.05) is 43.7 Å². The Kier molecular flexibility index (Phi) is 6.87. The number of nitrogens with zero attached hydrogens (tertiary/aromatic N) is 3. The molecule has 2 aromatic rings. The number of sulfonamides is 1. The third-order valence-corrected chi connectivity index (χ3v) is 6.40. The molecule has 0 aliphatic carbocycles. The molecule has 0 bridgehead atoms. The summed E-state index contributed by atoms with van der Waals surface area (Å²) in [6.07, 6.45) is 0. The summed E-state index contributed by atoms with van der Waals surface area (Å²) in [5.41, 5.74) is 5.31. The Morgan fingerprint density at radius 3 is 2.29 bits per heavy atom. The first-order chi connectivity index (χ1) is 13.2. The zero-order valence-corrected chi connectivity index (χ0v) is 17.2. The van der Waals surface area contributed by atoms with Crippen LogP contribution in [0.3, 0.4) is 0 Å². The lowest BCUT2D eigenvalue weighted by Crippen LogP contribution is -2.31. The molecule has 0 heterocycles. The predicted molar refractivity (Wildman–Crippen MR) is 110 cm³/mol. The van der Waals surface area contributed by atoms with Gasteiger partial charge in [-0.05, 0) is 25.5 Å². The molecule has 2 rings (SSSR count). The standard InChI is InChI=1S/C19H24N4O4S/c1-5-22(6-2)28(26,27)19-13-17(23(24)25)11-12-18(19)21-20-15(4)16-9-7-14(3)8-10-16/h7-13,21H,5-6H2,1-4H3. The number of aryl methyl sites for hydroxylation is 1. The second kappa shape index (κ2) is 8.94. The van der Waals surface area contributed by atoms with Crippen molar-refractivity contribution in [1.29, 1.82) is 0 Å². The first-order valence-corrected chi connectivity index (χ1v) is 10.3. The third kappa shape index (κ3) is 4.73. The Morgan fingerprint density at radius 1 is 1.14 bits per heavy atom. The van der Waals surface area contributed by atoms with Gasteiger partial charge in [-0.15, -0.1) is 0 Å². The van der Waals surface area contributed by atoms with Gasteiger partial charge in [-0.2, -0.15) is 9.41 Å². The number of rotatable bonds is 8. The Balaban J connectivity index is 2.47. The second-order valence-corrected chi connectivity index (χ2v) is 8.11. The lowest BCUT2D eigenvalue weighted by molar-refractivity contribution is -0.385. The van der Waals surface area contributed by atoms with Crippen LogP contribution < -0.4 is 5.43 Å². The largest absolute Gasteiger partial charge is 0.277 e. The maximum absolute atomic E-state index is 13.0. The van der Waals surface area contributed by atoms with Crippen molar-refractivity contribution in [3.8, 4) is 0 Å². The molecule has 2 aromatic carbocycles. The fourth-order valence-electron chi connectivity index (χ4n) is 2.64. The molecule has 28 heavy (non-hydrogen) atoms. The van der Waals surface area contributed by atoms with Crippen molar-refractivity contribution in [2.75, 3.05) is 18.5 Å². The van der Waals surface area contributed by atoms with E-state index >= 15 is 0 Å². The molecule has 8 nitrogen and oxygen atoms in total. The Labute approximate surface area is 165 Å². The topological polar surface area (TPSA) is 105 Å². The molecular weight excluding hydrogens is 380 g/mol. The smallest absolute Gasteiger partial charge is 0.270 e. The summed E-state index contributed by atoms with van der Waals surface area (Å²) in [6, 6.07) is 11.4. The molecule has 0 unspecified atom stereocenters. The number of hydrogen-bond acceptors (Lipinski definition) is 6. The van der Waals surface area contributed by atoms with Crippen LogP contribution in [0.4, 0.5) is 11.4 Å². The van der Waals surface area contributed by atoms with Crippen LogP contribution in [0.5, 0.6) is 0 Å². The van der Waals surface area contributed by atoms with E-state index in [0.717, 1.165) is 17.2 Å². The van der Waals surface area contributed by atoms with Gasteiger partial charge in [0.25, 0.3) is 5.69 Å². The Bertz CT molecular complexity index is 981. The lowest BCUT2D eigenvalue weighted by atomic mass is 10.1. The van der Waals surface area contributed by atoms with Gasteiger partial charge in [0.05, 0.1) is 16.3 Å². The van der Waals surface area contributed by atoms with E-state index < -0.39 is 14.9 Å². The van der Waals surface area contributed by atoms with Crippen molar-refractivity contribution in [2.24, 2.45) is 5.10 Å². The van der Waals surface area contributed by atoms with Crippen molar-refractivity contribution in [1.82, 2.24) is 4.31 Å². The summed E-state index contributed by atoms with van der Waals surface area (Å²) in [6.45, 7) is 7.72. The first-order valence-electron chi connectivity index (χ1n) is 8.86. The maximum atomic E-state index is 13.0. The number of nitro groups is 1. The molecule has 0 saturated heterocycles. The van der Waals surface area contributed by atoms with E-state index in [4.69, 9.17) is 0 Å². The summed E-state index contributed by atoms with van der Waals surface area (Å²) >= 11 is 0. The average molecular weight is 404 g/mol. The second-order valence-electron chi connectivity index (χ2n) is 6.20. The quantitative estimate of drug-likeness (QED) is 0.410. The minimum Gasteiger partial charge on any atom is -0.277 e. The summed E-state index contributed by atoms with van der Waals surface area (Å²) in [7, 11) is -3.91. The zero-order chi connectivity index (χ0) is 20.9. The van der Waals surface area contributed by atoms with Crippen LogP contribution in [0.1, 0.15) is 31.9 Å². The number of nitrogens with one attached hydrogen (secondary N) is 1. The van der Waals surface area contributed by atoms with Gasteiger partial charge >= 0.3 is 0 Å². The van der Waals surface area contributed by atoms with E-state index in [0.29, 0.717) is 5.71 Å². The minimum absolute atomic E-state index is 0.175. The minimum atomic E-state index is -3.91. The van der Waals surface area contributed by atoms with Crippen molar-refractivity contribution < 1.29 is 13.3 Å². The highest BCUT2D eigenvalue weighted by atomic mass is 32.2. The molecule has 0 aliphatic heterocycles. The number of nitro benzene ring substituents is 1. The fourth-order valence-corrected chi connectivity index (χ4v) is 4.26. The fraction of sp³-hybridized carbons (Fsp3) is 0.316. The van der Waals surface area contributed by atoms with E-state index in [9.17, 15) is 18.5 Å². The molecule has 9 heteroatoms. The van der Waals surface area contributed by atoms with E-state index in [1.165, 1.54) is 16.4 Å². The van der Waals surface area contributed by atoms with Gasteiger partial charge in [0.1, 0.15) is 4.90 Å². The van der Waals surface area contributed by atoms with Crippen molar-refractivity contribution in [3.05, 3.63) is 63.7 Å². The van der Waals surface area contributed by atoms with Gasteiger partial charge in [-0.25, -0.2) is 8.42 Å². The molecule has 0 amide bonds. The highest BCUT2D eigenvalue weighted by molar-refractivity contribution is 7.89. The molecule has 1 N–H and O–H groups in total. The first kappa shape index (κ1) is 21.5. The van der Waals surface area contributed by atoms with E-state index in [1.54, 1.807) is 20.8 Å². The van der Waals surface area contributed by atoms with Crippen molar-refractivity contribution >= 4 is 27.1 Å². The number of benzene rings is 2. The SMILES string of the molecule is CCN(CC)S(=O)(=O)c1cc([N+](=O)[O-])ccc1NN=C(C)c1ccc(C)cc1. The van der Waals surface area contributed by atoms with Gasteiger partial charge < -0.3 is 0 Å². The normalized spacial score (nSPS) is 12.2. The average Bonchev–Trinajstić information content (AvgIpc) is 2.67. The molecule has 0 fully saturated rings. The lowest BCUT2D eigenvalue weighted by Gasteiger charge is -2.20. The number of non-ortho nitro benzene ring substituents is 1. The van der Waals surface area contributed by atoms with Crippen molar-refractivity contribution in [2.45, 2.75) is 32.6 Å². The Morgan fingerprint density at radius 2 is 1.75 bits per heavy atom. The van der Waals surface area contributed by atoms with Crippen LogP contribution >= 0.6 is 0 Å². The van der Waals surface area contributed by atoms with Crippen LogP contribution in [0.15, 0.2) is 52.5 Å². The zero-order valence-electron chi connectivity index (χ0n) is 16.3. The van der Waals surface area contributed by atoms with Crippen LogP contribution in [-0.4, -0.2) is 36.4 Å². The summed E-state index contributed by atoms with van der Waals surface area (Å²) in [5, 5.41) is 15.4. The molecular formula is C19H24N4O4S. The monoisotopic (exact) mass is 404 g/mol. The summed E-state index contributed by atoms with van der Waals surface area (Å²) in [5.74, 6) is 0. The van der Waals surface area contributed by atoms with Gasteiger partial charge in [0, 0.05) is 25.2 Å². The summed E-state index contributed by atoms with van der Waals surface area (Å²) < 4.78 is 27.2. The number of hydrazone groups is 1. The molecule has 0 aliphatic rings. The third-order valence-electron chi connectivity index (χ3n) is 4.31. The highest BCUT2D eigenvalue weighted by Crippen LogP contribution is 2.29. The molecule has 0 spiro atoms. The van der Waals surface area contributed by atoms with Crippen LogP contribution in [0, 0.1) is 17.0 Å². The van der Waals surface area contributed by atoms with E-state index in [2.05, 4.69) is 10.5 Å². The molecule has 0 aromatic heterocycles. The number of hydrogen-bond donors (Lipinski definition) is 1. The van der Waals surface area contributed by atoms with Crippen LogP contribution in [0.2, 0.25) is 0 Å². The molecule has 0 atom stereocenters. The van der Waals surface area contributed by atoms with Gasteiger partial charge in [0.15, 0.2) is 0 Å². The summed E-state index contributed by atoms with van der Waals surface area (Å²) in [4.78, 5) is 10.3. The van der Waals surface area contributed by atoms with Gasteiger partial charge in [0.2, 0.25) is 10.0 Å². The van der Waals surface area contributed by atoms with E-state index in [-0.39, 0.29) is 29.4 Å². The van der Waals surface area contributed by atoms with Crippen LogP contribution in [-0.2, 0) is 10.0 Å². The van der Waals surface area contributed by atoms with Crippen LogP contribution in [0.25, 0.3) is 0 Å². The Hall–Kier alpha value is -2.78. The van der Waals surface area contributed by atoms with E-state index in [1.807, 2.05) is 31.2 Å². The molecule has 0 saturated carbocycles. The number of anilines is 1. The van der Waals surface area contributed by atoms with Crippen molar-refractivity contribution in [3.63, 3.8) is 0 Å². The van der Waals surface area contributed by atoms with Gasteiger partial charge in [-0.3, -0.25) is 15.5 Å².